The molecule has 3 nitrogen and oxygen atoms in total. The van der Waals surface area contributed by atoms with Crippen molar-refractivity contribution in [2.45, 2.75) is 39.7 Å². The van der Waals surface area contributed by atoms with Crippen LogP contribution in [0.25, 0.3) is 0 Å². The van der Waals surface area contributed by atoms with Crippen LogP contribution in [0, 0.1) is 13.8 Å². The van der Waals surface area contributed by atoms with Gasteiger partial charge in [-0.3, -0.25) is 9.59 Å². The molecule has 1 unspecified atom stereocenters. The lowest BCUT2D eigenvalue weighted by molar-refractivity contribution is -0.128. The smallest absolute Gasteiger partial charge is 0.220 e. The molecule has 0 spiro atoms. The van der Waals surface area contributed by atoms with Gasteiger partial charge in [0.05, 0.1) is 6.04 Å². The summed E-state index contributed by atoms with van der Waals surface area (Å²) in [5, 5.41) is 0. The molecule has 0 aliphatic carbocycles. The third kappa shape index (κ3) is 2.30. The second-order valence-electron chi connectivity index (χ2n) is 5.05. The molecule has 1 heterocycles. The summed E-state index contributed by atoms with van der Waals surface area (Å²) in [6.07, 6.45) is 1.70. The zero-order valence-corrected chi connectivity index (χ0v) is 11.2. The van der Waals surface area contributed by atoms with Gasteiger partial charge in [-0.2, -0.15) is 0 Å². The van der Waals surface area contributed by atoms with Gasteiger partial charge in [0.1, 0.15) is 0 Å². The molecule has 1 aromatic rings. The fourth-order valence-electron chi connectivity index (χ4n) is 2.69. The number of rotatable bonds is 2. The second kappa shape index (κ2) is 4.92. The number of benzene rings is 1. The molecule has 0 N–H and O–H groups in total. The average molecular weight is 245 g/mol. The summed E-state index contributed by atoms with van der Waals surface area (Å²) in [4.78, 5) is 25.7. The van der Waals surface area contributed by atoms with Crippen LogP contribution in [0.15, 0.2) is 18.2 Å². The minimum absolute atomic E-state index is 0.00406. The van der Waals surface area contributed by atoms with Gasteiger partial charge in [0.2, 0.25) is 5.91 Å². The van der Waals surface area contributed by atoms with Crippen LogP contribution in [0.1, 0.15) is 41.3 Å². The van der Waals surface area contributed by atoms with E-state index in [1.807, 2.05) is 32.0 Å². The van der Waals surface area contributed by atoms with Crippen molar-refractivity contribution in [3.8, 4) is 0 Å². The van der Waals surface area contributed by atoms with Crippen molar-refractivity contribution in [3.05, 3.63) is 34.9 Å². The lowest BCUT2D eigenvalue weighted by Crippen LogP contribution is -2.39. The zero-order valence-electron chi connectivity index (χ0n) is 11.2. The number of likely N-dealkylation sites (tertiary alicyclic amines) is 1. The van der Waals surface area contributed by atoms with E-state index in [1.165, 1.54) is 6.92 Å². The first-order chi connectivity index (χ1) is 8.50. The van der Waals surface area contributed by atoms with Gasteiger partial charge in [0, 0.05) is 19.0 Å². The van der Waals surface area contributed by atoms with Crippen LogP contribution in [0.4, 0.5) is 0 Å². The Balaban J connectivity index is 2.28. The van der Waals surface area contributed by atoms with E-state index in [2.05, 4.69) is 0 Å². The first-order valence-electron chi connectivity index (χ1n) is 6.39. The Labute approximate surface area is 108 Å². The zero-order chi connectivity index (χ0) is 13.3. The van der Waals surface area contributed by atoms with Crippen molar-refractivity contribution in [2.75, 3.05) is 6.54 Å². The number of hydrogen-bond donors (Lipinski definition) is 0. The SMILES string of the molecule is CC(=O)N1CCCC1C(=O)c1ccc(C)cc1C. The van der Waals surface area contributed by atoms with Crippen molar-refractivity contribution in [3.63, 3.8) is 0 Å². The number of carbonyl (C=O) groups is 2. The molecule has 2 rings (SSSR count). The van der Waals surface area contributed by atoms with Crippen LogP contribution >= 0.6 is 0 Å². The molecule has 1 amide bonds. The fraction of sp³-hybridized carbons (Fsp3) is 0.467. The molecule has 3 heteroatoms. The van der Waals surface area contributed by atoms with Crippen LogP contribution in [0.5, 0.6) is 0 Å². The minimum Gasteiger partial charge on any atom is -0.333 e. The van der Waals surface area contributed by atoms with E-state index in [0.29, 0.717) is 6.54 Å². The monoisotopic (exact) mass is 245 g/mol. The van der Waals surface area contributed by atoms with Gasteiger partial charge in [0.15, 0.2) is 5.78 Å². The standard InChI is InChI=1S/C15H19NO2/c1-10-6-7-13(11(2)9-10)15(18)14-5-4-8-16(14)12(3)17/h6-7,9,14H,4-5,8H2,1-3H3. The highest BCUT2D eigenvalue weighted by Gasteiger charge is 2.33. The molecule has 0 bridgehead atoms. The highest BCUT2D eigenvalue weighted by molar-refractivity contribution is 6.03. The number of amides is 1. The van der Waals surface area contributed by atoms with Crippen LogP contribution < -0.4 is 0 Å². The lowest BCUT2D eigenvalue weighted by atomic mass is 9.96. The Morgan fingerprint density at radius 3 is 2.61 bits per heavy atom. The number of carbonyl (C=O) groups excluding carboxylic acids is 2. The molecule has 1 atom stereocenters. The minimum atomic E-state index is -0.260. The molecule has 1 saturated heterocycles. The highest BCUT2D eigenvalue weighted by atomic mass is 16.2. The Bertz CT molecular complexity index is 493. The summed E-state index contributed by atoms with van der Waals surface area (Å²) in [5.41, 5.74) is 2.90. The Hall–Kier alpha value is -1.64. The van der Waals surface area contributed by atoms with Gasteiger partial charge >= 0.3 is 0 Å². The summed E-state index contributed by atoms with van der Waals surface area (Å²) >= 11 is 0. The second-order valence-corrected chi connectivity index (χ2v) is 5.05. The normalized spacial score (nSPS) is 19.1. The Morgan fingerprint density at radius 2 is 2.00 bits per heavy atom. The fourth-order valence-corrected chi connectivity index (χ4v) is 2.69. The lowest BCUT2D eigenvalue weighted by Gasteiger charge is -2.22. The number of Topliss-reactive ketones (excluding diaryl/α,β-unsaturated/α-hetero) is 1. The van der Waals surface area contributed by atoms with Gasteiger partial charge in [-0.25, -0.2) is 0 Å². The molecule has 1 fully saturated rings. The van der Waals surface area contributed by atoms with Crippen molar-refractivity contribution >= 4 is 11.7 Å². The summed E-state index contributed by atoms with van der Waals surface area (Å²) in [6, 6.07) is 5.58. The molecule has 1 aromatic carbocycles. The van der Waals surface area contributed by atoms with Crippen LogP contribution in [-0.4, -0.2) is 29.2 Å². The predicted molar refractivity (Wildman–Crippen MR) is 70.7 cm³/mol. The van der Waals surface area contributed by atoms with Gasteiger partial charge in [-0.1, -0.05) is 23.8 Å². The van der Waals surface area contributed by atoms with Crippen molar-refractivity contribution in [1.82, 2.24) is 4.90 Å². The summed E-state index contributed by atoms with van der Waals surface area (Å²) in [7, 11) is 0. The molecule has 0 radical (unpaired) electrons. The van der Waals surface area contributed by atoms with Gasteiger partial charge in [-0.05, 0) is 32.3 Å². The number of aryl methyl sites for hydroxylation is 2. The quantitative estimate of drug-likeness (QED) is 0.751. The topological polar surface area (TPSA) is 37.4 Å². The largest absolute Gasteiger partial charge is 0.333 e. The third-order valence-corrected chi connectivity index (χ3v) is 3.61. The van der Waals surface area contributed by atoms with E-state index in [-0.39, 0.29) is 17.7 Å². The van der Waals surface area contributed by atoms with Gasteiger partial charge in [0.25, 0.3) is 0 Å². The van der Waals surface area contributed by atoms with Crippen molar-refractivity contribution in [1.29, 1.82) is 0 Å². The van der Waals surface area contributed by atoms with E-state index < -0.39 is 0 Å². The van der Waals surface area contributed by atoms with Crippen LogP contribution in [-0.2, 0) is 4.79 Å². The predicted octanol–water partition coefficient (Wildman–Crippen LogP) is 2.50. The maximum Gasteiger partial charge on any atom is 0.220 e. The Morgan fingerprint density at radius 1 is 1.28 bits per heavy atom. The average Bonchev–Trinajstić information content (AvgIpc) is 2.77. The highest BCUT2D eigenvalue weighted by Crippen LogP contribution is 2.23. The Kier molecular flexibility index (Phi) is 3.50. The van der Waals surface area contributed by atoms with Gasteiger partial charge < -0.3 is 4.90 Å². The molecule has 0 saturated carbocycles. The maximum absolute atomic E-state index is 12.5. The van der Waals surface area contributed by atoms with E-state index in [4.69, 9.17) is 0 Å². The van der Waals surface area contributed by atoms with E-state index >= 15 is 0 Å². The first-order valence-corrected chi connectivity index (χ1v) is 6.39. The number of ketones is 1. The maximum atomic E-state index is 12.5. The molecule has 1 aliphatic heterocycles. The van der Waals surface area contributed by atoms with E-state index in [1.54, 1.807) is 4.90 Å². The molecule has 0 aromatic heterocycles. The molecular formula is C15H19NO2. The summed E-state index contributed by atoms with van der Waals surface area (Å²) in [5.74, 6) is 0.0795. The molecule has 1 aliphatic rings. The summed E-state index contributed by atoms with van der Waals surface area (Å²) in [6.45, 7) is 6.20. The van der Waals surface area contributed by atoms with Crippen LogP contribution in [0.3, 0.4) is 0 Å². The van der Waals surface area contributed by atoms with Crippen molar-refractivity contribution in [2.24, 2.45) is 0 Å². The molecule has 18 heavy (non-hydrogen) atoms. The first kappa shape index (κ1) is 12.8. The number of nitrogens with zero attached hydrogens (tertiary/aromatic N) is 1. The molecule has 96 valence electrons. The third-order valence-electron chi connectivity index (χ3n) is 3.61. The van der Waals surface area contributed by atoms with Crippen molar-refractivity contribution < 1.29 is 9.59 Å². The van der Waals surface area contributed by atoms with Crippen LogP contribution in [0.2, 0.25) is 0 Å². The molecular weight excluding hydrogens is 226 g/mol. The van der Waals surface area contributed by atoms with Gasteiger partial charge in [-0.15, -0.1) is 0 Å². The van der Waals surface area contributed by atoms with E-state index in [0.717, 1.165) is 29.5 Å². The number of hydrogen-bond acceptors (Lipinski definition) is 2. The summed E-state index contributed by atoms with van der Waals surface area (Å²) < 4.78 is 0. The van der Waals surface area contributed by atoms with E-state index in [9.17, 15) is 9.59 Å².